The Morgan fingerprint density at radius 2 is 1.91 bits per heavy atom. The fraction of sp³-hybridized carbons (Fsp3) is 0.417. The molecule has 174 valence electrons. The van der Waals surface area contributed by atoms with Gasteiger partial charge in [0.05, 0.1) is 53.6 Å². The molecule has 1 aromatic carbocycles. The van der Waals surface area contributed by atoms with Crippen molar-refractivity contribution in [2.45, 2.75) is 19.9 Å². The van der Waals surface area contributed by atoms with Crippen LogP contribution >= 0.6 is 0 Å². The normalized spacial score (nSPS) is 19.2. The highest BCUT2D eigenvalue weighted by atomic mass is 19.1. The number of hydrogen-bond acceptors (Lipinski definition) is 7. The van der Waals surface area contributed by atoms with E-state index in [9.17, 15) is 4.39 Å². The number of rotatable bonds is 4. The molecule has 2 aromatic heterocycles. The number of aromatic nitrogens is 2. The molecule has 2 N–H and O–H groups in total. The lowest BCUT2D eigenvalue weighted by Crippen LogP contribution is -2.49. The van der Waals surface area contributed by atoms with Gasteiger partial charge in [-0.3, -0.25) is 4.98 Å². The van der Waals surface area contributed by atoms with Crippen LogP contribution in [0.3, 0.4) is 0 Å². The van der Waals surface area contributed by atoms with E-state index in [1.165, 1.54) is 6.07 Å². The molecule has 2 fully saturated rings. The van der Waals surface area contributed by atoms with Gasteiger partial charge in [-0.25, -0.2) is 13.8 Å². The maximum Gasteiger partial charge on any atom is 0.137 e. The summed E-state index contributed by atoms with van der Waals surface area (Å²) >= 11 is 0. The van der Waals surface area contributed by atoms with Gasteiger partial charge in [0.1, 0.15) is 17.5 Å². The van der Waals surface area contributed by atoms with Crippen LogP contribution in [0.1, 0.15) is 12.5 Å². The number of hydrogen-bond donors (Lipinski definition) is 2. The van der Waals surface area contributed by atoms with Crippen molar-refractivity contribution in [3.8, 4) is 0 Å². The van der Waals surface area contributed by atoms with E-state index in [4.69, 9.17) is 4.74 Å². The Morgan fingerprint density at radius 1 is 1.09 bits per heavy atom. The molecule has 0 spiro atoms. The van der Waals surface area contributed by atoms with Crippen LogP contribution in [-0.2, 0) is 4.74 Å². The summed E-state index contributed by atoms with van der Waals surface area (Å²) in [5.74, 6) is -0.542. The average molecular weight is 455 g/mol. The fourth-order valence-electron chi connectivity index (χ4n) is 4.62. The molecule has 0 unspecified atom stereocenters. The first-order valence-corrected chi connectivity index (χ1v) is 11.3. The van der Waals surface area contributed by atoms with Crippen molar-refractivity contribution in [3.63, 3.8) is 0 Å². The van der Waals surface area contributed by atoms with Gasteiger partial charge in [0.15, 0.2) is 0 Å². The zero-order valence-corrected chi connectivity index (χ0v) is 18.9. The molecule has 5 rings (SSSR count). The molecular weight excluding hydrogens is 426 g/mol. The second kappa shape index (κ2) is 9.07. The third-order valence-corrected chi connectivity index (χ3v) is 6.26. The number of piperazine rings is 1. The molecule has 3 aromatic rings. The molecule has 2 saturated heterocycles. The predicted molar refractivity (Wildman–Crippen MR) is 127 cm³/mol. The number of nitrogens with zero attached hydrogens (tertiary/aromatic N) is 4. The molecule has 7 nitrogen and oxygen atoms in total. The highest BCUT2D eigenvalue weighted by molar-refractivity contribution is 5.97. The summed E-state index contributed by atoms with van der Waals surface area (Å²) in [4.78, 5) is 13.5. The summed E-state index contributed by atoms with van der Waals surface area (Å²) in [6.45, 7) is 9.35. The van der Waals surface area contributed by atoms with Crippen LogP contribution in [0, 0.1) is 18.6 Å². The highest BCUT2D eigenvalue weighted by Crippen LogP contribution is 2.37. The van der Waals surface area contributed by atoms with E-state index in [1.807, 2.05) is 19.2 Å². The first-order chi connectivity index (χ1) is 16.0. The zero-order valence-electron chi connectivity index (χ0n) is 18.9. The SMILES string of the molecule is Cc1c(N2CCN[C@H](C)C2)nc2cc(F)cc(F)c2c1Nc1cncc(N2CCOCC2)c1. The van der Waals surface area contributed by atoms with Crippen LogP contribution in [0.25, 0.3) is 10.9 Å². The Bertz CT molecular complexity index is 1170. The van der Waals surface area contributed by atoms with E-state index >= 15 is 4.39 Å². The number of fused-ring (bicyclic) bond motifs is 1. The van der Waals surface area contributed by atoms with E-state index in [2.05, 4.69) is 37.3 Å². The van der Waals surface area contributed by atoms with E-state index in [0.717, 1.165) is 61.5 Å². The van der Waals surface area contributed by atoms with Crippen molar-refractivity contribution in [3.05, 3.63) is 47.8 Å². The fourth-order valence-corrected chi connectivity index (χ4v) is 4.62. The van der Waals surface area contributed by atoms with Crippen molar-refractivity contribution in [2.75, 3.05) is 61.1 Å². The quantitative estimate of drug-likeness (QED) is 0.625. The van der Waals surface area contributed by atoms with Crippen LogP contribution in [-0.4, -0.2) is 61.9 Å². The van der Waals surface area contributed by atoms with Gasteiger partial charge >= 0.3 is 0 Å². The summed E-state index contributed by atoms with van der Waals surface area (Å²) in [5.41, 5.74) is 3.40. The van der Waals surface area contributed by atoms with Crippen molar-refractivity contribution in [2.24, 2.45) is 0 Å². The molecule has 0 bridgehead atoms. The zero-order chi connectivity index (χ0) is 22.9. The van der Waals surface area contributed by atoms with Gasteiger partial charge < -0.3 is 25.2 Å². The highest BCUT2D eigenvalue weighted by Gasteiger charge is 2.23. The van der Waals surface area contributed by atoms with E-state index in [1.54, 1.807) is 6.20 Å². The molecule has 0 amide bonds. The molecule has 2 aliphatic rings. The Morgan fingerprint density at radius 3 is 2.70 bits per heavy atom. The third-order valence-electron chi connectivity index (χ3n) is 6.26. The minimum absolute atomic E-state index is 0.276. The van der Waals surface area contributed by atoms with E-state index < -0.39 is 11.6 Å². The monoisotopic (exact) mass is 454 g/mol. The Labute approximate surface area is 191 Å². The van der Waals surface area contributed by atoms with Crippen molar-refractivity contribution in [1.29, 1.82) is 0 Å². The van der Waals surface area contributed by atoms with Crippen LogP contribution in [0.2, 0.25) is 0 Å². The topological polar surface area (TPSA) is 65.5 Å². The minimum Gasteiger partial charge on any atom is -0.378 e. The number of ether oxygens (including phenoxy) is 1. The standard InChI is InChI=1S/C24H28F2N6O/c1-15-14-32(4-3-28-15)24-16(2)23(22-20(26)9-17(25)10-21(22)30-24)29-18-11-19(13-27-12-18)31-5-7-33-8-6-31/h9-13,15,28H,3-8,14H2,1-2H3,(H,29,30)/t15-/m1/s1. The summed E-state index contributed by atoms with van der Waals surface area (Å²) in [7, 11) is 0. The van der Waals surface area contributed by atoms with Gasteiger partial charge in [-0.2, -0.15) is 0 Å². The molecule has 2 aliphatic heterocycles. The Hall–Kier alpha value is -3.04. The summed E-state index contributed by atoms with van der Waals surface area (Å²) in [6.07, 6.45) is 3.53. The summed E-state index contributed by atoms with van der Waals surface area (Å²) in [5, 5.41) is 7.08. The van der Waals surface area contributed by atoms with Crippen LogP contribution in [0.4, 0.5) is 31.7 Å². The lowest BCUT2D eigenvalue weighted by atomic mass is 10.1. The summed E-state index contributed by atoms with van der Waals surface area (Å²) in [6, 6.07) is 4.49. The number of anilines is 4. The van der Waals surface area contributed by atoms with E-state index in [-0.39, 0.29) is 5.39 Å². The lowest BCUT2D eigenvalue weighted by molar-refractivity contribution is 0.122. The van der Waals surface area contributed by atoms with Crippen LogP contribution < -0.4 is 20.4 Å². The number of benzene rings is 1. The first-order valence-electron chi connectivity index (χ1n) is 11.3. The van der Waals surface area contributed by atoms with Gasteiger partial charge in [0, 0.05) is 56.5 Å². The molecule has 33 heavy (non-hydrogen) atoms. The molecule has 0 radical (unpaired) electrons. The molecule has 1 atom stereocenters. The second-order valence-electron chi connectivity index (χ2n) is 8.67. The molecular formula is C24H28F2N6O. The maximum atomic E-state index is 15.0. The van der Waals surface area contributed by atoms with Gasteiger partial charge in [-0.1, -0.05) is 0 Å². The van der Waals surface area contributed by atoms with Crippen molar-refractivity contribution < 1.29 is 13.5 Å². The predicted octanol–water partition coefficient (Wildman–Crippen LogP) is 3.59. The van der Waals surface area contributed by atoms with Crippen LogP contribution in [0.15, 0.2) is 30.6 Å². The molecule has 0 saturated carbocycles. The van der Waals surface area contributed by atoms with Crippen LogP contribution in [0.5, 0.6) is 0 Å². The Balaban J connectivity index is 1.58. The molecule has 9 heteroatoms. The largest absolute Gasteiger partial charge is 0.378 e. The molecule has 0 aliphatic carbocycles. The lowest BCUT2D eigenvalue weighted by Gasteiger charge is -2.34. The van der Waals surface area contributed by atoms with Gasteiger partial charge in [0.25, 0.3) is 0 Å². The third kappa shape index (κ3) is 4.43. The first kappa shape index (κ1) is 21.8. The van der Waals surface area contributed by atoms with E-state index in [0.29, 0.717) is 30.5 Å². The minimum atomic E-state index is -0.641. The maximum absolute atomic E-state index is 15.0. The number of pyridine rings is 2. The summed E-state index contributed by atoms with van der Waals surface area (Å²) < 4.78 is 34.6. The Kier molecular flexibility index (Phi) is 5.99. The number of halogens is 2. The van der Waals surface area contributed by atoms with Gasteiger partial charge in [-0.05, 0) is 19.9 Å². The smallest absolute Gasteiger partial charge is 0.137 e. The van der Waals surface area contributed by atoms with Crippen molar-refractivity contribution in [1.82, 2.24) is 15.3 Å². The number of nitrogens with one attached hydrogen (secondary N) is 2. The average Bonchev–Trinajstić information content (AvgIpc) is 2.81. The van der Waals surface area contributed by atoms with Gasteiger partial charge in [0.2, 0.25) is 0 Å². The second-order valence-corrected chi connectivity index (χ2v) is 8.67. The molecule has 4 heterocycles. The number of morpholine rings is 1. The van der Waals surface area contributed by atoms with Crippen molar-refractivity contribution >= 4 is 33.8 Å². The van der Waals surface area contributed by atoms with Gasteiger partial charge in [-0.15, -0.1) is 0 Å².